The van der Waals surface area contributed by atoms with E-state index < -0.39 is 0 Å². The van der Waals surface area contributed by atoms with Crippen LogP contribution in [0.1, 0.15) is 26.7 Å². The maximum atomic E-state index is 5.70. The molecule has 0 amide bonds. The zero-order valence-electron chi connectivity index (χ0n) is 10.9. The van der Waals surface area contributed by atoms with Crippen molar-refractivity contribution in [3.63, 3.8) is 0 Å². The predicted octanol–water partition coefficient (Wildman–Crippen LogP) is 4.03. The molecule has 0 saturated heterocycles. The Balaban J connectivity index is 2.35. The second-order valence-electron chi connectivity index (χ2n) is 3.82. The molecule has 0 aliphatic rings. The van der Waals surface area contributed by atoms with Crippen LogP contribution in [0.4, 0.5) is 5.69 Å². The first-order valence-electron chi connectivity index (χ1n) is 6.42. The molecule has 0 aliphatic carbocycles. The lowest BCUT2D eigenvalue weighted by atomic mass is 10.3. The molecule has 2 nitrogen and oxygen atoms in total. The van der Waals surface area contributed by atoms with Gasteiger partial charge < -0.3 is 10.1 Å². The molecule has 0 atom stereocenters. The summed E-state index contributed by atoms with van der Waals surface area (Å²) >= 11 is 1.99. The van der Waals surface area contributed by atoms with Crippen molar-refractivity contribution in [1.29, 1.82) is 0 Å². The number of hydrogen-bond acceptors (Lipinski definition) is 3. The lowest BCUT2D eigenvalue weighted by Crippen LogP contribution is -2.05. The Morgan fingerprint density at radius 2 is 2.06 bits per heavy atom. The highest BCUT2D eigenvalue weighted by Gasteiger charge is 2.01. The predicted molar refractivity (Wildman–Crippen MR) is 78.3 cm³/mol. The first-order valence-corrected chi connectivity index (χ1v) is 7.57. The third kappa shape index (κ3) is 5.87. The van der Waals surface area contributed by atoms with Crippen LogP contribution in [0.5, 0.6) is 5.75 Å². The van der Waals surface area contributed by atoms with Crippen LogP contribution in [0.25, 0.3) is 0 Å². The molecular weight excluding hydrogens is 230 g/mol. The number of thioether (sulfide) groups is 1. The van der Waals surface area contributed by atoms with E-state index in [1.807, 2.05) is 30.0 Å². The van der Waals surface area contributed by atoms with Gasteiger partial charge in [0.2, 0.25) is 0 Å². The average molecular weight is 253 g/mol. The normalized spacial score (nSPS) is 10.2. The molecule has 3 heteroatoms. The molecule has 96 valence electrons. The SMILES string of the molecule is CCCOc1ccccc1NCCCSCC. The summed E-state index contributed by atoms with van der Waals surface area (Å²) in [5, 5.41) is 3.44. The van der Waals surface area contributed by atoms with Crippen molar-refractivity contribution in [1.82, 2.24) is 0 Å². The smallest absolute Gasteiger partial charge is 0.142 e. The second-order valence-corrected chi connectivity index (χ2v) is 5.22. The van der Waals surface area contributed by atoms with E-state index in [0.29, 0.717) is 0 Å². The Labute approximate surface area is 109 Å². The van der Waals surface area contributed by atoms with Crippen molar-refractivity contribution in [3.8, 4) is 5.75 Å². The number of nitrogens with one attached hydrogen (secondary N) is 1. The van der Waals surface area contributed by atoms with Crippen LogP contribution in [0.2, 0.25) is 0 Å². The molecule has 1 aromatic rings. The Hall–Kier alpha value is -0.830. The molecule has 17 heavy (non-hydrogen) atoms. The maximum Gasteiger partial charge on any atom is 0.142 e. The van der Waals surface area contributed by atoms with Crippen molar-refractivity contribution in [3.05, 3.63) is 24.3 Å². The van der Waals surface area contributed by atoms with Gasteiger partial charge in [0.1, 0.15) is 5.75 Å². The van der Waals surface area contributed by atoms with E-state index in [4.69, 9.17) is 4.74 Å². The summed E-state index contributed by atoms with van der Waals surface area (Å²) in [6.45, 7) is 6.12. The quantitative estimate of drug-likeness (QED) is 0.671. The molecule has 1 rings (SSSR count). The molecule has 0 bridgehead atoms. The lowest BCUT2D eigenvalue weighted by Gasteiger charge is -2.12. The largest absolute Gasteiger partial charge is 0.491 e. The van der Waals surface area contributed by atoms with Crippen molar-refractivity contribution < 1.29 is 4.74 Å². The molecule has 0 heterocycles. The topological polar surface area (TPSA) is 21.3 Å². The highest BCUT2D eigenvalue weighted by atomic mass is 32.2. The van der Waals surface area contributed by atoms with Gasteiger partial charge in [0.05, 0.1) is 12.3 Å². The van der Waals surface area contributed by atoms with Gasteiger partial charge in [0.15, 0.2) is 0 Å². The van der Waals surface area contributed by atoms with Crippen molar-refractivity contribution in [2.24, 2.45) is 0 Å². The standard InChI is InChI=1S/C14H23NOS/c1-3-11-16-14-9-6-5-8-13(14)15-10-7-12-17-4-2/h5-6,8-9,15H,3-4,7,10-12H2,1-2H3. The fraction of sp³-hybridized carbons (Fsp3) is 0.571. The van der Waals surface area contributed by atoms with E-state index in [1.165, 1.54) is 17.9 Å². The third-order valence-corrected chi connectivity index (χ3v) is 3.32. The Morgan fingerprint density at radius 1 is 1.24 bits per heavy atom. The van der Waals surface area contributed by atoms with E-state index in [2.05, 4.69) is 25.2 Å². The van der Waals surface area contributed by atoms with Gasteiger partial charge >= 0.3 is 0 Å². The highest BCUT2D eigenvalue weighted by Crippen LogP contribution is 2.23. The molecule has 0 radical (unpaired) electrons. The van der Waals surface area contributed by atoms with Crippen LogP contribution < -0.4 is 10.1 Å². The summed E-state index contributed by atoms with van der Waals surface area (Å²) in [4.78, 5) is 0. The van der Waals surface area contributed by atoms with E-state index in [-0.39, 0.29) is 0 Å². The van der Waals surface area contributed by atoms with Gasteiger partial charge in [-0.25, -0.2) is 0 Å². The summed E-state index contributed by atoms with van der Waals surface area (Å²) in [6.07, 6.45) is 2.24. The van der Waals surface area contributed by atoms with Gasteiger partial charge in [-0.2, -0.15) is 11.8 Å². The molecule has 0 saturated carbocycles. The first kappa shape index (κ1) is 14.2. The summed E-state index contributed by atoms with van der Waals surface area (Å²) in [5.41, 5.74) is 1.11. The van der Waals surface area contributed by atoms with E-state index in [9.17, 15) is 0 Å². The fourth-order valence-corrected chi connectivity index (χ4v) is 2.13. The number of hydrogen-bond donors (Lipinski definition) is 1. The van der Waals surface area contributed by atoms with Crippen molar-refractivity contribution in [2.45, 2.75) is 26.7 Å². The van der Waals surface area contributed by atoms with Gasteiger partial charge in [-0.15, -0.1) is 0 Å². The minimum Gasteiger partial charge on any atom is -0.491 e. The van der Waals surface area contributed by atoms with Crippen LogP contribution in [0.3, 0.4) is 0 Å². The number of rotatable bonds is 9. The fourth-order valence-electron chi connectivity index (χ4n) is 1.49. The molecule has 0 fully saturated rings. The highest BCUT2D eigenvalue weighted by molar-refractivity contribution is 7.99. The molecule has 1 N–H and O–H groups in total. The molecular formula is C14H23NOS. The van der Waals surface area contributed by atoms with Gasteiger partial charge in [-0.1, -0.05) is 26.0 Å². The zero-order chi connectivity index (χ0) is 12.3. The number of benzene rings is 1. The van der Waals surface area contributed by atoms with Gasteiger partial charge in [-0.05, 0) is 36.5 Å². The van der Waals surface area contributed by atoms with Crippen molar-refractivity contribution in [2.75, 3.05) is 30.0 Å². The van der Waals surface area contributed by atoms with Gasteiger partial charge in [0.25, 0.3) is 0 Å². The Kier molecular flexibility index (Phi) is 7.72. The lowest BCUT2D eigenvalue weighted by molar-refractivity contribution is 0.319. The molecule has 0 spiro atoms. The third-order valence-electron chi connectivity index (χ3n) is 2.33. The number of ether oxygens (including phenoxy) is 1. The second kappa shape index (κ2) is 9.23. The minimum atomic E-state index is 0.782. The van der Waals surface area contributed by atoms with Crippen LogP contribution in [-0.2, 0) is 0 Å². The van der Waals surface area contributed by atoms with E-state index in [1.54, 1.807) is 0 Å². The Bertz CT molecular complexity index is 304. The van der Waals surface area contributed by atoms with Crippen LogP contribution in [-0.4, -0.2) is 24.7 Å². The summed E-state index contributed by atoms with van der Waals surface area (Å²) in [7, 11) is 0. The van der Waals surface area contributed by atoms with Gasteiger partial charge in [-0.3, -0.25) is 0 Å². The zero-order valence-corrected chi connectivity index (χ0v) is 11.7. The summed E-state index contributed by atoms with van der Waals surface area (Å²) < 4.78 is 5.70. The van der Waals surface area contributed by atoms with Crippen LogP contribution in [0.15, 0.2) is 24.3 Å². The van der Waals surface area contributed by atoms with Crippen molar-refractivity contribution >= 4 is 17.4 Å². The average Bonchev–Trinajstić information content (AvgIpc) is 2.37. The molecule has 0 unspecified atom stereocenters. The molecule has 0 aliphatic heterocycles. The maximum absolute atomic E-state index is 5.70. The van der Waals surface area contributed by atoms with Crippen LogP contribution in [0, 0.1) is 0 Å². The summed E-state index contributed by atoms with van der Waals surface area (Å²) in [5.74, 6) is 3.40. The summed E-state index contributed by atoms with van der Waals surface area (Å²) in [6, 6.07) is 8.17. The van der Waals surface area contributed by atoms with E-state index >= 15 is 0 Å². The van der Waals surface area contributed by atoms with Crippen LogP contribution >= 0.6 is 11.8 Å². The van der Waals surface area contributed by atoms with Gasteiger partial charge in [0, 0.05) is 6.54 Å². The molecule has 1 aromatic carbocycles. The minimum absolute atomic E-state index is 0.782. The Morgan fingerprint density at radius 3 is 2.82 bits per heavy atom. The van der Waals surface area contributed by atoms with E-state index in [0.717, 1.165) is 31.0 Å². The molecule has 0 aromatic heterocycles. The number of para-hydroxylation sites is 2. The first-order chi connectivity index (χ1) is 8.38. The number of anilines is 1. The monoisotopic (exact) mass is 253 g/mol.